The maximum atomic E-state index is 12.2. The third-order valence-electron chi connectivity index (χ3n) is 4.32. The molecule has 1 aliphatic carbocycles. The fourth-order valence-corrected chi connectivity index (χ4v) is 5.09. The molecule has 2 aliphatic rings. The van der Waals surface area contributed by atoms with Gasteiger partial charge in [0.25, 0.3) is 0 Å². The van der Waals surface area contributed by atoms with E-state index in [-0.39, 0.29) is 19.1 Å². The van der Waals surface area contributed by atoms with Gasteiger partial charge >= 0.3 is 6.03 Å². The van der Waals surface area contributed by atoms with Gasteiger partial charge in [-0.15, -0.1) is 11.3 Å². The van der Waals surface area contributed by atoms with Crippen LogP contribution in [0.5, 0.6) is 0 Å². The van der Waals surface area contributed by atoms with Gasteiger partial charge in [0.1, 0.15) is 5.01 Å². The lowest BCUT2D eigenvalue weighted by molar-refractivity contribution is 0.195. The number of hydrogen-bond donors (Lipinski definition) is 1. The molecule has 2 unspecified atom stereocenters. The van der Waals surface area contributed by atoms with Crippen LogP contribution in [0.1, 0.15) is 43.3 Å². The monoisotopic (exact) mass is 343 g/mol. The van der Waals surface area contributed by atoms with Crippen LogP contribution in [0, 0.1) is 0 Å². The van der Waals surface area contributed by atoms with Crippen molar-refractivity contribution in [2.45, 2.75) is 49.7 Å². The summed E-state index contributed by atoms with van der Waals surface area (Å²) in [6.45, 7) is 4.23. The number of carbonyl (C=O) groups excluding carboxylic acids is 1. The summed E-state index contributed by atoms with van der Waals surface area (Å²) in [5.74, 6) is 0.620. The van der Waals surface area contributed by atoms with Crippen molar-refractivity contribution in [2.75, 3.05) is 13.1 Å². The molecule has 1 saturated heterocycles. The number of aromatic nitrogens is 1. The number of nitrogens with zero attached hydrogens (tertiary/aromatic N) is 2. The van der Waals surface area contributed by atoms with E-state index in [2.05, 4.69) is 15.7 Å². The molecule has 0 spiro atoms. The molecule has 22 heavy (non-hydrogen) atoms. The maximum Gasteiger partial charge on any atom is 0.317 e. The summed E-state index contributed by atoms with van der Waals surface area (Å²) in [5.41, 5.74) is 1.14. The van der Waals surface area contributed by atoms with Gasteiger partial charge < -0.3 is 10.2 Å². The van der Waals surface area contributed by atoms with Crippen molar-refractivity contribution in [3.05, 3.63) is 16.1 Å². The van der Waals surface area contributed by atoms with E-state index in [1.165, 1.54) is 12.8 Å². The van der Waals surface area contributed by atoms with Gasteiger partial charge in [0.15, 0.2) is 9.84 Å². The first-order valence-corrected chi connectivity index (χ1v) is 10.1. The fraction of sp³-hybridized carbons (Fsp3) is 0.714. The van der Waals surface area contributed by atoms with Gasteiger partial charge in [-0.1, -0.05) is 0 Å². The zero-order valence-electron chi connectivity index (χ0n) is 12.8. The first kappa shape index (κ1) is 15.7. The van der Waals surface area contributed by atoms with E-state index in [0.29, 0.717) is 12.5 Å². The average molecular weight is 343 g/mol. The first-order chi connectivity index (χ1) is 10.4. The molecule has 0 bridgehead atoms. The highest BCUT2D eigenvalue weighted by molar-refractivity contribution is 7.92. The number of urea groups is 1. The molecule has 1 aromatic heterocycles. The largest absolute Gasteiger partial charge is 0.331 e. The number of hydrogen-bond acceptors (Lipinski definition) is 5. The predicted molar refractivity (Wildman–Crippen MR) is 85.7 cm³/mol. The maximum absolute atomic E-state index is 12.2. The smallest absolute Gasteiger partial charge is 0.317 e. The Labute approximate surface area is 134 Å². The highest BCUT2D eigenvalue weighted by atomic mass is 32.2. The van der Waals surface area contributed by atoms with Crippen LogP contribution in [0.25, 0.3) is 0 Å². The molecule has 0 radical (unpaired) electrons. The second kappa shape index (κ2) is 5.81. The summed E-state index contributed by atoms with van der Waals surface area (Å²) in [6.07, 6.45) is 2.43. The van der Waals surface area contributed by atoms with Gasteiger partial charge in [-0.3, -0.25) is 0 Å². The Morgan fingerprint density at radius 3 is 2.59 bits per heavy atom. The number of carbonyl (C=O) groups is 1. The van der Waals surface area contributed by atoms with Gasteiger partial charge in [-0.25, -0.2) is 18.2 Å². The summed E-state index contributed by atoms with van der Waals surface area (Å²) in [4.78, 5) is 18.3. The average Bonchev–Trinajstić information content (AvgIpc) is 3.21. The van der Waals surface area contributed by atoms with E-state index < -0.39 is 20.3 Å². The summed E-state index contributed by atoms with van der Waals surface area (Å²) in [5, 5.41) is 4.80. The van der Waals surface area contributed by atoms with Crippen molar-refractivity contribution < 1.29 is 13.2 Å². The number of nitrogens with one attached hydrogen (secondary N) is 1. The molecule has 2 heterocycles. The highest BCUT2D eigenvalue weighted by Crippen LogP contribution is 2.40. The molecule has 6 nitrogen and oxygen atoms in total. The molecule has 0 aromatic carbocycles. The van der Waals surface area contributed by atoms with Crippen molar-refractivity contribution in [2.24, 2.45) is 0 Å². The normalized spacial score (nSPS) is 27.6. The molecule has 1 N–H and O–H groups in total. The van der Waals surface area contributed by atoms with Crippen LogP contribution >= 0.6 is 11.3 Å². The summed E-state index contributed by atoms with van der Waals surface area (Å²) >= 11 is 1.57. The number of sulfone groups is 1. The molecule has 3 rings (SSSR count). The molecule has 1 aromatic rings. The van der Waals surface area contributed by atoms with Crippen LogP contribution in [0.2, 0.25) is 0 Å². The molecular formula is C14H21N3O3S2. The molecule has 2 fully saturated rings. The van der Waals surface area contributed by atoms with E-state index in [1.54, 1.807) is 30.1 Å². The molecule has 122 valence electrons. The Bertz CT molecular complexity index is 649. The van der Waals surface area contributed by atoms with Gasteiger partial charge in [0.2, 0.25) is 0 Å². The zero-order chi connectivity index (χ0) is 15.9. The predicted octanol–water partition coefficient (Wildman–Crippen LogP) is 1.74. The van der Waals surface area contributed by atoms with Crippen molar-refractivity contribution in [1.82, 2.24) is 15.2 Å². The second-order valence-corrected chi connectivity index (χ2v) is 9.94. The van der Waals surface area contributed by atoms with E-state index in [9.17, 15) is 13.2 Å². The van der Waals surface area contributed by atoms with Gasteiger partial charge in [-0.2, -0.15) is 0 Å². The number of amides is 2. The summed E-state index contributed by atoms with van der Waals surface area (Å²) in [7, 11) is -3.10. The lowest BCUT2D eigenvalue weighted by Crippen LogP contribution is -2.54. The first-order valence-electron chi connectivity index (χ1n) is 7.57. The lowest BCUT2D eigenvalue weighted by Gasteiger charge is -2.34. The molecule has 1 aliphatic heterocycles. The van der Waals surface area contributed by atoms with Crippen LogP contribution in [0.15, 0.2) is 5.38 Å². The minimum atomic E-state index is -3.10. The standard InChI is InChI=1S/C14H21N3O3S2/c1-9-6-17(7-10(2)22(9,19)20)14(18)15-5-13-16-12(8-21-13)11-3-4-11/h8-11H,3-7H2,1-2H3,(H,15,18). The van der Waals surface area contributed by atoms with E-state index in [0.717, 1.165) is 10.7 Å². The van der Waals surface area contributed by atoms with E-state index in [4.69, 9.17) is 0 Å². The van der Waals surface area contributed by atoms with Crippen molar-refractivity contribution in [3.8, 4) is 0 Å². The quantitative estimate of drug-likeness (QED) is 0.906. The molecule has 2 amide bonds. The van der Waals surface area contributed by atoms with Crippen molar-refractivity contribution >= 4 is 27.2 Å². The number of thiazole rings is 1. The van der Waals surface area contributed by atoms with Gasteiger partial charge in [0, 0.05) is 24.4 Å². The Morgan fingerprint density at radius 1 is 1.36 bits per heavy atom. The van der Waals surface area contributed by atoms with Gasteiger partial charge in [-0.05, 0) is 26.7 Å². The fourth-order valence-electron chi connectivity index (χ4n) is 2.70. The highest BCUT2D eigenvalue weighted by Gasteiger charge is 2.37. The van der Waals surface area contributed by atoms with Gasteiger partial charge in [0.05, 0.1) is 22.7 Å². The number of rotatable bonds is 3. The molecule has 2 atom stereocenters. The Morgan fingerprint density at radius 2 is 2.00 bits per heavy atom. The van der Waals surface area contributed by atoms with Crippen LogP contribution in [0.3, 0.4) is 0 Å². The van der Waals surface area contributed by atoms with Crippen LogP contribution in [-0.2, 0) is 16.4 Å². The van der Waals surface area contributed by atoms with Crippen molar-refractivity contribution in [3.63, 3.8) is 0 Å². The Kier molecular flexibility index (Phi) is 4.15. The van der Waals surface area contributed by atoms with E-state index in [1.807, 2.05) is 0 Å². The van der Waals surface area contributed by atoms with Crippen molar-refractivity contribution in [1.29, 1.82) is 0 Å². The van der Waals surface area contributed by atoms with Crippen LogP contribution in [0.4, 0.5) is 4.79 Å². The van der Waals surface area contributed by atoms with Crippen LogP contribution < -0.4 is 5.32 Å². The minimum Gasteiger partial charge on any atom is -0.331 e. The Hall–Kier alpha value is -1.15. The molecule has 8 heteroatoms. The molecular weight excluding hydrogens is 322 g/mol. The third-order valence-corrected chi connectivity index (χ3v) is 7.73. The summed E-state index contributed by atoms with van der Waals surface area (Å²) < 4.78 is 23.9. The lowest BCUT2D eigenvalue weighted by atomic mass is 10.3. The summed E-state index contributed by atoms with van der Waals surface area (Å²) in [6, 6.07) is -0.211. The zero-order valence-corrected chi connectivity index (χ0v) is 14.4. The van der Waals surface area contributed by atoms with Crippen LogP contribution in [-0.4, -0.2) is 47.9 Å². The molecule has 1 saturated carbocycles. The second-order valence-electron chi connectivity index (χ2n) is 6.21. The Balaban J connectivity index is 1.55. The minimum absolute atomic E-state index is 0.211. The van der Waals surface area contributed by atoms with E-state index >= 15 is 0 Å². The topological polar surface area (TPSA) is 79.4 Å². The third kappa shape index (κ3) is 3.12. The SMILES string of the molecule is CC1CN(C(=O)NCc2nc(C3CC3)cs2)CC(C)S1(=O)=O.